The molecule has 2 aliphatic rings. The highest BCUT2D eigenvalue weighted by Crippen LogP contribution is 2.30. The molecule has 5 nitrogen and oxygen atoms in total. The van der Waals surface area contributed by atoms with Gasteiger partial charge in [0, 0.05) is 17.6 Å². The quantitative estimate of drug-likeness (QED) is 0.825. The van der Waals surface area contributed by atoms with E-state index in [4.69, 9.17) is 0 Å². The van der Waals surface area contributed by atoms with Crippen molar-refractivity contribution in [1.82, 2.24) is 4.72 Å². The van der Waals surface area contributed by atoms with E-state index in [1.165, 1.54) is 24.0 Å². The Balaban J connectivity index is 1.56. The molecule has 0 saturated heterocycles. The van der Waals surface area contributed by atoms with E-state index in [1.807, 2.05) is 12.1 Å². The zero-order chi connectivity index (χ0) is 18.7. The molecule has 0 unspecified atom stereocenters. The summed E-state index contributed by atoms with van der Waals surface area (Å²) in [5, 5.41) is 2.72. The van der Waals surface area contributed by atoms with Gasteiger partial charge in [0.2, 0.25) is 15.9 Å². The van der Waals surface area contributed by atoms with Gasteiger partial charge < -0.3 is 5.32 Å². The fourth-order valence-corrected chi connectivity index (χ4v) is 4.95. The van der Waals surface area contributed by atoms with Crippen molar-refractivity contribution in [3.05, 3.63) is 29.3 Å². The predicted molar refractivity (Wildman–Crippen MR) is 105 cm³/mol. The van der Waals surface area contributed by atoms with Gasteiger partial charge in [0.25, 0.3) is 0 Å². The lowest BCUT2D eigenvalue weighted by atomic mass is 9.85. The molecular formula is C20H30N2O3S. The molecule has 6 heteroatoms. The summed E-state index contributed by atoms with van der Waals surface area (Å²) in [6.45, 7) is 3.36. The summed E-state index contributed by atoms with van der Waals surface area (Å²) in [7, 11) is -3.24. The predicted octanol–water partition coefficient (Wildman–Crippen LogP) is 3.39. The zero-order valence-corrected chi connectivity index (χ0v) is 16.6. The highest BCUT2D eigenvalue weighted by atomic mass is 32.2. The largest absolute Gasteiger partial charge is 0.326 e. The minimum Gasteiger partial charge on any atom is -0.326 e. The Bertz CT molecular complexity index is 750. The SMILES string of the molecule is CC(C)S(=O)(=O)N[C@H]1CC[C@H](C(=O)Nc2cccc3c2CCCC3)CC1. The molecule has 2 aliphatic carbocycles. The summed E-state index contributed by atoms with van der Waals surface area (Å²) in [5.41, 5.74) is 3.63. The van der Waals surface area contributed by atoms with Crippen LogP contribution >= 0.6 is 0 Å². The van der Waals surface area contributed by atoms with Crippen molar-refractivity contribution in [3.63, 3.8) is 0 Å². The number of carbonyl (C=O) groups is 1. The number of benzene rings is 1. The van der Waals surface area contributed by atoms with E-state index in [1.54, 1.807) is 13.8 Å². The van der Waals surface area contributed by atoms with Crippen LogP contribution in [0.25, 0.3) is 0 Å². The van der Waals surface area contributed by atoms with E-state index in [2.05, 4.69) is 16.1 Å². The number of anilines is 1. The zero-order valence-electron chi connectivity index (χ0n) is 15.8. The maximum Gasteiger partial charge on any atom is 0.227 e. The van der Waals surface area contributed by atoms with Crippen LogP contribution in [0.4, 0.5) is 5.69 Å². The summed E-state index contributed by atoms with van der Waals surface area (Å²) in [4.78, 5) is 12.7. The monoisotopic (exact) mass is 378 g/mol. The number of amides is 1. The Labute approximate surface area is 157 Å². The van der Waals surface area contributed by atoms with Gasteiger partial charge in [0.05, 0.1) is 5.25 Å². The third-order valence-corrected chi connectivity index (χ3v) is 7.61. The molecule has 0 atom stereocenters. The number of sulfonamides is 1. The molecule has 1 aromatic carbocycles. The number of hydrogen-bond acceptors (Lipinski definition) is 3. The second-order valence-electron chi connectivity index (χ2n) is 7.90. The maximum atomic E-state index is 12.7. The smallest absolute Gasteiger partial charge is 0.227 e. The molecule has 26 heavy (non-hydrogen) atoms. The number of aryl methyl sites for hydroxylation is 1. The van der Waals surface area contributed by atoms with E-state index < -0.39 is 15.3 Å². The molecule has 0 bridgehead atoms. The van der Waals surface area contributed by atoms with Crippen molar-refractivity contribution in [3.8, 4) is 0 Å². The minimum atomic E-state index is -3.24. The molecule has 1 saturated carbocycles. The van der Waals surface area contributed by atoms with Crippen LogP contribution in [0.3, 0.4) is 0 Å². The number of nitrogens with one attached hydrogen (secondary N) is 2. The van der Waals surface area contributed by atoms with Gasteiger partial charge in [0.15, 0.2) is 0 Å². The molecule has 144 valence electrons. The maximum absolute atomic E-state index is 12.7. The van der Waals surface area contributed by atoms with Gasteiger partial charge in [-0.25, -0.2) is 13.1 Å². The van der Waals surface area contributed by atoms with Crippen molar-refractivity contribution in [2.45, 2.75) is 76.5 Å². The van der Waals surface area contributed by atoms with Crippen LogP contribution < -0.4 is 10.0 Å². The fraction of sp³-hybridized carbons (Fsp3) is 0.650. The average Bonchev–Trinajstić information content (AvgIpc) is 2.62. The van der Waals surface area contributed by atoms with E-state index >= 15 is 0 Å². The first-order valence-corrected chi connectivity index (χ1v) is 11.3. The summed E-state index contributed by atoms with van der Waals surface area (Å²) < 4.78 is 26.8. The van der Waals surface area contributed by atoms with E-state index in [0.29, 0.717) is 0 Å². The molecular weight excluding hydrogens is 348 g/mol. The van der Waals surface area contributed by atoms with Crippen LogP contribution in [0.15, 0.2) is 18.2 Å². The Morgan fingerprint density at radius 3 is 2.46 bits per heavy atom. The van der Waals surface area contributed by atoms with E-state index in [0.717, 1.165) is 44.2 Å². The second-order valence-corrected chi connectivity index (χ2v) is 10.2. The molecule has 2 N–H and O–H groups in total. The van der Waals surface area contributed by atoms with Crippen molar-refractivity contribution < 1.29 is 13.2 Å². The molecule has 0 radical (unpaired) electrons. The lowest BCUT2D eigenvalue weighted by Gasteiger charge is -2.29. The standard InChI is InChI=1S/C20H30N2O3S/c1-14(2)26(24,25)22-17-12-10-16(11-13-17)20(23)21-19-9-5-7-15-6-3-4-8-18(15)19/h5,7,9,14,16-17,22H,3-4,6,8,10-13H2,1-2H3,(H,21,23)/t16-,17-. The Kier molecular flexibility index (Phi) is 6.03. The van der Waals surface area contributed by atoms with Gasteiger partial charge in [-0.1, -0.05) is 12.1 Å². The van der Waals surface area contributed by atoms with Crippen LogP contribution in [0.5, 0.6) is 0 Å². The third kappa shape index (κ3) is 4.46. The van der Waals surface area contributed by atoms with E-state index in [9.17, 15) is 13.2 Å². The highest BCUT2D eigenvalue weighted by molar-refractivity contribution is 7.90. The average molecular weight is 379 g/mol. The van der Waals surface area contributed by atoms with Crippen molar-refractivity contribution in [1.29, 1.82) is 0 Å². The first-order chi connectivity index (χ1) is 12.4. The molecule has 3 rings (SSSR count). The normalized spacial score (nSPS) is 23.5. The Hall–Kier alpha value is -1.40. The van der Waals surface area contributed by atoms with Gasteiger partial charge >= 0.3 is 0 Å². The second kappa shape index (κ2) is 8.09. The summed E-state index contributed by atoms with van der Waals surface area (Å²) in [6.07, 6.45) is 7.43. The van der Waals surface area contributed by atoms with Gasteiger partial charge in [-0.2, -0.15) is 0 Å². The molecule has 1 aromatic rings. The van der Waals surface area contributed by atoms with Crippen molar-refractivity contribution >= 4 is 21.6 Å². The number of carbonyl (C=O) groups excluding carboxylic acids is 1. The summed E-state index contributed by atoms with van der Waals surface area (Å²) in [6, 6.07) is 6.15. The Morgan fingerprint density at radius 1 is 1.08 bits per heavy atom. The van der Waals surface area contributed by atoms with Crippen LogP contribution in [-0.2, 0) is 27.7 Å². The fourth-order valence-electron chi connectivity index (χ4n) is 3.98. The minimum absolute atomic E-state index is 0.0331. The van der Waals surface area contributed by atoms with Gasteiger partial charge in [-0.15, -0.1) is 0 Å². The number of hydrogen-bond donors (Lipinski definition) is 2. The molecule has 0 spiro atoms. The number of fused-ring (bicyclic) bond motifs is 1. The molecule has 0 heterocycles. The molecule has 1 amide bonds. The lowest BCUT2D eigenvalue weighted by molar-refractivity contribution is -0.120. The van der Waals surface area contributed by atoms with Crippen LogP contribution in [-0.4, -0.2) is 25.6 Å². The van der Waals surface area contributed by atoms with Crippen molar-refractivity contribution in [2.24, 2.45) is 5.92 Å². The highest BCUT2D eigenvalue weighted by Gasteiger charge is 2.30. The van der Waals surface area contributed by atoms with Crippen LogP contribution in [0, 0.1) is 5.92 Å². The summed E-state index contributed by atoms with van der Waals surface area (Å²) >= 11 is 0. The Morgan fingerprint density at radius 2 is 1.77 bits per heavy atom. The first kappa shape index (κ1) is 19.4. The van der Waals surface area contributed by atoms with Gasteiger partial charge in [-0.3, -0.25) is 4.79 Å². The van der Waals surface area contributed by atoms with Crippen molar-refractivity contribution in [2.75, 3.05) is 5.32 Å². The van der Waals surface area contributed by atoms with Gasteiger partial charge in [0.1, 0.15) is 0 Å². The van der Waals surface area contributed by atoms with E-state index in [-0.39, 0.29) is 17.9 Å². The molecule has 0 aliphatic heterocycles. The van der Waals surface area contributed by atoms with Crippen LogP contribution in [0.2, 0.25) is 0 Å². The molecule has 1 fully saturated rings. The van der Waals surface area contributed by atoms with Gasteiger partial charge in [-0.05, 0) is 82.4 Å². The molecule has 0 aromatic heterocycles. The first-order valence-electron chi connectivity index (χ1n) is 9.79. The van der Waals surface area contributed by atoms with Crippen LogP contribution in [0.1, 0.15) is 63.5 Å². The topological polar surface area (TPSA) is 75.3 Å². The summed E-state index contributed by atoms with van der Waals surface area (Å²) in [5.74, 6) is 0.0448. The third-order valence-electron chi connectivity index (χ3n) is 5.70. The number of rotatable bonds is 5. The lowest BCUT2D eigenvalue weighted by Crippen LogP contribution is -2.42.